The van der Waals surface area contributed by atoms with Crippen LogP contribution in [0.25, 0.3) is 0 Å². The lowest BCUT2D eigenvalue weighted by Gasteiger charge is -2.37. The van der Waals surface area contributed by atoms with E-state index >= 15 is 0 Å². The molecule has 0 radical (unpaired) electrons. The normalized spacial score (nSPS) is 24.2. The quantitative estimate of drug-likeness (QED) is 0.605. The van der Waals surface area contributed by atoms with Gasteiger partial charge in [-0.3, -0.25) is 4.79 Å². The summed E-state index contributed by atoms with van der Waals surface area (Å²) in [5.74, 6) is -3.77. The van der Waals surface area contributed by atoms with Crippen molar-refractivity contribution < 1.29 is 29.3 Å². The molecule has 0 aliphatic heterocycles. The molecule has 1 aliphatic rings. The van der Waals surface area contributed by atoms with Crippen LogP contribution in [0.2, 0.25) is 0 Å². The van der Waals surface area contributed by atoms with Gasteiger partial charge in [0.15, 0.2) is 6.29 Å². The number of carboxylic acids is 1. The number of rotatable bonds is 6. The summed E-state index contributed by atoms with van der Waals surface area (Å²) in [6.07, 6.45) is 2.95. The van der Waals surface area contributed by atoms with E-state index in [1.807, 2.05) is 6.07 Å². The fourth-order valence-corrected chi connectivity index (χ4v) is 2.33. The number of allylic oxidation sites excluding steroid dienone is 2. The maximum absolute atomic E-state index is 11.4. The zero-order valence-corrected chi connectivity index (χ0v) is 11.9. The number of hydrogen-bond donors (Lipinski definition) is 2. The first-order chi connectivity index (χ1) is 10.5. The number of methoxy groups -OCH3 is 1. The fourth-order valence-electron chi connectivity index (χ4n) is 2.33. The molecule has 0 saturated carbocycles. The highest BCUT2D eigenvalue weighted by atomic mass is 16.6. The topological polar surface area (TPSA) is 93.1 Å². The van der Waals surface area contributed by atoms with Crippen molar-refractivity contribution in [3.63, 3.8) is 0 Å². The molecule has 0 amide bonds. The molecule has 0 aromatic heterocycles. The Labute approximate surface area is 127 Å². The van der Waals surface area contributed by atoms with E-state index in [0.717, 1.165) is 0 Å². The van der Waals surface area contributed by atoms with Crippen LogP contribution in [0.4, 0.5) is 0 Å². The Morgan fingerprint density at radius 3 is 2.55 bits per heavy atom. The average molecular weight is 304 g/mol. The second-order valence-corrected chi connectivity index (χ2v) is 4.74. The zero-order chi connectivity index (χ0) is 16.2. The van der Waals surface area contributed by atoms with E-state index < -0.39 is 17.7 Å². The van der Waals surface area contributed by atoms with Gasteiger partial charge in [-0.15, -0.1) is 0 Å². The van der Waals surface area contributed by atoms with Crippen LogP contribution >= 0.6 is 0 Å². The van der Waals surface area contributed by atoms with Gasteiger partial charge in [-0.2, -0.15) is 0 Å². The van der Waals surface area contributed by atoms with Crippen molar-refractivity contribution in [2.75, 3.05) is 13.7 Å². The minimum atomic E-state index is -2.04. The first-order valence-electron chi connectivity index (χ1n) is 6.59. The number of ether oxygens (including phenoxy) is 2. The highest BCUT2D eigenvalue weighted by molar-refractivity contribution is 5.90. The Bertz CT molecular complexity index is 619. The van der Waals surface area contributed by atoms with Crippen LogP contribution in [0, 0.1) is 5.92 Å². The first kappa shape index (κ1) is 15.9. The SMILES string of the molecule is COC1(O)C(C=O)=CC=C(C(=O)O)C1COc1ccccc1. The van der Waals surface area contributed by atoms with Gasteiger partial charge >= 0.3 is 5.97 Å². The number of carboxylic acid groups (broad SMARTS) is 1. The minimum absolute atomic E-state index is 0.0540. The number of hydrogen-bond acceptors (Lipinski definition) is 5. The van der Waals surface area contributed by atoms with Gasteiger partial charge in [0.2, 0.25) is 5.79 Å². The molecule has 1 aromatic carbocycles. The van der Waals surface area contributed by atoms with Crippen LogP contribution in [0.3, 0.4) is 0 Å². The summed E-state index contributed by atoms with van der Waals surface area (Å²) in [5, 5.41) is 19.9. The Hall–Kier alpha value is -2.44. The number of aliphatic carboxylic acids is 1. The lowest BCUT2D eigenvalue weighted by Crippen LogP contribution is -2.48. The molecule has 2 rings (SSSR count). The number of para-hydroxylation sites is 1. The van der Waals surface area contributed by atoms with E-state index in [2.05, 4.69) is 0 Å². The second-order valence-electron chi connectivity index (χ2n) is 4.74. The van der Waals surface area contributed by atoms with E-state index in [9.17, 15) is 19.8 Å². The van der Waals surface area contributed by atoms with Gasteiger partial charge in [0.05, 0.1) is 11.5 Å². The van der Waals surface area contributed by atoms with Crippen LogP contribution in [0.5, 0.6) is 5.75 Å². The lowest BCUT2D eigenvalue weighted by molar-refractivity contribution is -0.192. The summed E-state index contributed by atoms with van der Waals surface area (Å²) in [6.45, 7) is -0.155. The van der Waals surface area contributed by atoms with E-state index in [4.69, 9.17) is 9.47 Å². The lowest BCUT2D eigenvalue weighted by atomic mass is 9.82. The maximum Gasteiger partial charge on any atom is 0.332 e. The molecule has 0 bridgehead atoms. The Kier molecular flexibility index (Phi) is 4.75. The van der Waals surface area contributed by atoms with Crippen molar-refractivity contribution in [2.45, 2.75) is 5.79 Å². The summed E-state index contributed by atoms with van der Waals surface area (Å²) >= 11 is 0. The molecule has 6 heteroatoms. The van der Waals surface area contributed by atoms with Crippen molar-refractivity contribution in [1.29, 1.82) is 0 Å². The number of carbonyl (C=O) groups excluding carboxylic acids is 1. The summed E-state index contributed by atoms with van der Waals surface area (Å²) in [6, 6.07) is 8.76. The number of aliphatic hydroxyl groups is 1. The van der Waals surface area contributed by atoms with Gasteiger partial charge in [-0.25, -0.2) is 4.79 Å². The smallest absolute Gasteiger partial charge is 0.332 e. The van der Waals surface area contributed by atoms with E-state index in [-0.39, 0.29) is 17.8 Å². The molecule has 1 aromatic rings. The molecule has 0 fully saturated rings. The second kappa shape index (κ2) is 6.55. The molecule has 1 aliphatic carbocycles. The monoisotopic (exact) mass is 304 g/mol. The third kappa shape index (κ3) is 2.93. The van der Waals surface area contributed by atoms with Crippen molar-refractivity contribution >= 4 is 12.3 Å². The minimum Gasteiger partial charge on any atom is -0.493 e. The van der Waals surface area contributed by atoms with Crippen LogP contribution < -0.4 is 4.74 Å². The molecule has 2 unspecified atom stereocenters. The van der Waals surface area contributed by atoms with Gasteiger partial charge in [-0.05, 0) is 18.2 Å². The number of benzene rings is 1. The molecule has 0 saturated heterocycles. The summed E-state index contributed by atoms with van der Waals surface area (Å²) in [7, 11) is 1.21. The van der Waals surface area contributed by atoms with E-state index in [1.54, 1.807) is 24.3 Å². The molecular weight excluding hydrogens is 288 g/mol. The van der Waals surface area contributed by atoms with Gasteiger partial charge in [0, 0.05) is 12.7 Å². The molecule has 0 heterocycles. The molecule has 22 heavy (non-hydrogen) atoms. The zero-order valence-electron chi connectivity index (χ0n) is 11.9. The third-order valence-electron chi connectivity index (χ3n) is 3.55. The molecule has 0 spiro atoms. The van der Waals surface area contributed by atoms with E-state index in [0.29, 0.717) is 12.0 Å². The predicted molar refractivity (Wildman–Crippen MR) is 77.3 cm³/mol. The molecule has 2 N–H and O–H groups in total. The van der Waals surface area contributed by atoms with E-state index in [1.165, 1.54) is 19.3 Å². The average Bonchev–Trinajstić information content (AvgIpc) is 2.54. The Balaban J connectivity index is 2.31. The predicted octanol–water partition coefficient (Wildman–Crippen LogP) is 1.17. The summed E-state index contributed by atoms with van der Waals surface area (Å²) in [4.78, 5) is 22.5. The van der Waals surface area contributed by atoms with Crippen molar-refractivity contribution in [2.24, 2.45) is 5.92 Å². The standard InChI is InChI=1S/C16H16O6/c1-21-16(20)11(9-17)7-8-13(15(18)19)14(16)10-22-12-5-3-2-4-6-12/h2-9,14,20H,10H2,1H3,(H,18,19). The summed E-state index contributed by atoms with van der Waals surface area (Å²) < 4.78 is 10.6. The first-order valence-corrected chi connectivity index (χ1v) is 6.59. The van der Waals surface area contributed by atoms with Crippen molar-refractivity contribution in [3.05, 3.63) is 53.6 Å². The van der Waals surface area contributed by atoms with Gasteiger partial charge < -0.3 is 19.7 Å². The highest BCUT2D eigenvalue weighted by Gasteiger charge is 2.47. The fraction of sp³-hybridized carbons (Fsp3) is 0.250. The maximum atomic E-state index is 11.4. The molecule has 2 atom stereocenters. The van der Waals surface area contributed by atoms with Crippen molar-refractivity contribution in [3.8, 4) is 5.75 Å². The largest absolute Gasteiger partial charge is 0.493 e. The number of aldehydes is 1. The van der Waals surface area contributed by atoms with Gasteiger partial charge in [-0.1, -0.05) is 24.3 Å². The third-order valence-corrected chi connectivity index (χ3v) is 3.55. The van der Waals surface area contributed by atoms with Crippen LogP contribution in [-0.2, 0) is 14.3 Å². The Morgan fingerprint density at radius 1 is 1.32 bits per heavy atom. The van der Waals surface area contributed by atoms with Crippen LogP contribution in [-0.4, -0.2) is 42.0 Å². The van der Waals surface area contributed by atoms with Crippen molar-refractivity contribution in [1.82, 2.24) is 0 Å². The van der Waals surface area contributed by atoms with Gasteiger partial charge in [0.1, 0.15) is 12.4 Å². The van der Waals surface area contributed by atoms with Crippen LogP contribution in [0.1, 0.15) is 0 Å². The molecule has 6 nitrogen and oxygen atoms in total. The number of carbonyl (C=O) groups is 2. The molecule has 116 valence electrons. The highest BCUT2D eigenvalue weighted by Crippen LogP contribution is 2.36. The van der Waals surface area contributed by atoms with Gasteiger partial charge in [0.25, 0.3) is 0 Å². The summed E-state index contributed by atoms with van der Waals surface area (Å²) in [5.41, 5.74) is -0.146. The molecular formula is C16H16O6. The van der Waals surface area contributed by atoms with Crippen LogP contribution in [0.15, 0.2) is 53.6 Å². The Morgan fingerprint density at radius 2 is 2.00 bits per heavy atom.